The van der Waals surface area contributed by atoms with Gasteiger partial charge in [-0.2, -0.15) is 0 Å². The molecule has 0 amide bonds. The summed E-state index contributed by atoms with van der Waals surface area (Å²) in [7, 11) is 0. The normalized spacial score (nSPS) is 12.7. The third-order valence-corrected chi connectivity index (χ3v) is 15.0. The van der Waals surface area contributed by atoms with Crippen molar-refractivity contribution in [3.05, 3.63) is 97.2 Å². The van der Waals surface area contributed by atoms with Crippen LogP contribution in [-0.4, -0.2) is 37.2 Å². The van der Waals surface area contributed by atoms with Crippen LogP contribution in [-0.2, 0) is 28.6 Å². The van der Waals surface area contributed by atoms with Crippen LogP contribution in [0.4, 0.5) is 0 Å². The molecule has 81 heavy (non-hydrogen) atoms. The molecule has 0 rings (SSSR count). The lowest BCUT2D eigenvalue weighted by Crippen LogP contribution is -2.30. The fourth-order valence-electron chi connectivity index (χ4n) is 9.85. The first kappa shape index (κ1) is 77.3. The minimum absolute atomic E-state index is 0.0827. The van der Waals surface area contributed by atoms with Crippen LogP contribution in [0.15, 0.2) is 97.2 Å². The average Bonchev–Trinajstić information content (AvgIpc) is 3.47. The fourth-order valence-corrected chi connectivity index (χ4v) is 9.85. The Morgan fingerprint density at radius 2 is 0.481 bits per heavy atom. The molecule has 1 atom stereocenters. The number of esters is 3. The van der Waals surface area contributed by atoms with Crippen molar-refractivity contribution in [2.24, 2.45) is 0 Å². The van der Waals surface area contributed by atoms with Gasteiger partial charge in [-0.3, -0.25) is 14.4 Å². The molecule has 0 heterocycles. The van der Waals surface area contributed by atoms with Gasteiger partial charge in [0.05, 0.1) is 0 Å². The molecular weight excluding hydrogens is 997 g/mol. The van der Waals surface area contributed by atoms with E-state index in [4.69, 9.17) is 14.2 Å². The van der Waals surface area contributed by atoms with Crippen LogP contribution in [0.2, 0.25) is 0 Å². The largest absolute Gasteiger partial charge is 0.462 e. The molecule has 0 aromatic heterocycles. The molecule has 6 heteroatoms. The number of carbonyl (C=O) groups is 3. The standard InChI is InChI=1S/C75H130O6/c1-4-7-10-13-16-19-22-25-28-30-32-34-36-37-39-40-42-44-47-50-53-56-59-62-65-68-74(77)80-71-72(70-79-73(76)67-64-61-58-55-52-49-46-27-24-21-18-15-12-9-6-3)81-75(78)69-66-63-60-57-54-51-48-45-43-41-38-35-33-31-29-26-23-20-17-14-11-8-5-2/h7,10,16,19,23,25-28,31-34,37,39,46,72H,4-6,8-9,11-15,17-18,20-22,24,29-30,35-36,38,40-45,47-71H2,1-3H3/b10-7-,19-16-,26-23-,28-25-,33-31-,34-32-,39-37-,46-27-. The predicted molar refractivity (Wildman–Crippen MR) is 353 cm³/mol. The quantitative estimate of drug-likeness (QED) is 0.0261. The van der Waals surface area contributed by atoms with Crippen LogP contribution >= 0.6 is 0 Å². The molecule has 0 saturated heterocycles. The topological polar surface area (TPSA) is 78.9 Å². The van der Waals surface area contributed by atoms with E-state index in [-0.39, 0.29) is 31.1 Å². The Morgan fingerprint density at radius 1 is 0.259 bits per heavy atom. The molecule has 0 aliphatic carbocycles. The van der Waals surface area contributed by atoms with Gasteiger partial charge in [-0.05, 0) is 122 Å². The maximum Gasteiger partial charge on any atom is 0.306 e. The van der Waals surface area contributed by atoms with Gasteiger partial charge in [0.1, 0.15) is 13.2 Å². The molecule has 0 aliphatic heterocycles. The second kappa shape index (κ2) is 68.8. The molecule has 0 bridgehead atoms. The monoisotopic (exact) mass is 1130 g/mol. The summed E-state index contributed by atoms with van der Waals surface area (Å²) in [6, 6.07) is 0. The molecule has 0 radical (unpaired) electrons. The highest BCUT2D eigenvalue weighted by Gasteiger charge is 2.19. The molecule has 0 N–H and O–H groups in total. The molecule has 1 unspecified atom stereocenters. The maximum atomic E-state index is 13.0. The summed E-state index contributed by atoms with van der Waals surface area (Å²) in [5, 5.41) is 0. The van der Waals surface area contributed by atoms with Crippen LogP contribution in [0.25, 0.3) is 0 Å². The molecule has 0 spiro atoms. The van der Waals surface area contributed by atoms with Crippen LogP contribution < -0.4 is 0 Å². The highest BCUT2D eigenvalue weighted by Crippen LogP contribution is 2.17. The number of unbranched alkanes of at least 4 members (excludes halogenated alkanes) is 36. The van der Waals surface area contributed by atoms with Gasteiger partial charge in [-0.25, -0.2) is 0 Å². The van der Waals surface area contributed by atoms with Gasteiger partial charge in [-0.1, -0.05) is 298 Å². The van der Waals surface area contributed by atoms with E-state index >= 15 is 0 Å². The van der Waals surface area contributed by atoms with Gasteiger partial charge in [0, 0.05) is 19.3 Å². The zero-order valence-electron chi connectivity index (χ0n) is 53.5. The molecule has 6 nitrogen and oxygen atoms in total. The van der Waals surface area contributed by atoms with Gasteiger partial charge in [0.15, 0.2) is 6.10 Å². The van der Waals surface area contributed by atoms with E-state index in [9.17, 15) is 14.4 Å². The molecule has 0 aromatic carbocycles. The summed E-state index contributed by atoms with van der Waals surface area (Å²) in [5.74, 6) is -0.884. The molecular formula is C75H130O6. The minimum Gasteiger partial charge on any atom is -0.462 e. The van der Waals surface area contributed by atoms with E-state index < -0.39 is 6.10 Å². The Hall–Kier alpha value is -3.67. The summed E-state index contributed by atoms with van der Waals surface area (Å²) in [5.41, 5.74) is 0. The Bertz CT molecular complexity index is 1580. The van der Waals surface area contributed by atoms with Crippen molar-refractivity contribution in [2.75, 3.05) is 13.2 Å². The van der Waals surface area contributed by atoms with Gasteiger partial charge < -0.3 is 14.2 Å². The van der Waals surface area contributed by atoms with E-state index in [1.165, 1.54) is 193 Å². The van der Waals surface area contributed by atoms with Gasteiger partial charge >= 0.3 is 17.9 Å². The summed E-state index contributed by atoms with van der Waals surface area (Å²) in [4.78, 5) is 38.5. The first-order valence-corrected chi connectivity index (χ1v) is 34.7. The Kier molecular flexibility index (Phi) is 65.7. The molecule has 0 aliphatic rings. The van der Waals surface area contributed by atoms with E-state index in [1.807, 2.05) is 0 Å². The lowest BCUT2D eigenvalue weighted by Gasteiger charge is -2.18. The number of rotatable bonds is 63. The van der Waals surface area contributed by atoms with Crippen molar-refractivity contribution in [2.45, 2.75) is 348 Å². The Balaban J connectivity index is 4.36. The third kappa shape index (κ3) is 67.0. The van der Waals surface area contributed by atoms with E-state index in [2.05, 4.69) is 118 Å². The molecule has 0 aromatic rings. The summed E-state index contributed by atoms with van der Waals surface area (Å²) in [6.45, 7) is 6.54. The zero-order valence-corrected chi connectivity index (χ0v) is 53.5. The van der Waals surface area contributed by atoms with Crippen LogP contribution in [0.3, 0.4) is 0 Å². The van der Waals surface area contributed by atoms with Crippen molar-refractivity contribution in [1.29, 1.82) is 0 Å². The van der Waals surface area contributed by atoms with E-state index in [0.29, 0.717) is 19.3 Å². The van der Waals surface area contributed by atoms with Crippen LogP contribution in [0.1, 0.15) is 342 Å². The Morgan fingerprint density at radius 3 is 0.765 bits per heavy atom. The van der Waals surface area contributed by atoms with Gasteiger partial charge in [-0.15, -0.1) is 0 Å². The predicted octanol–water partition coefficient (Wildman–Crippen LogP) is 24.0. The van der Waals surface area contributed by atoms with Crippen LogP contribution in [0, 0.1) is 0 Å². The first-order valence-electron chi connectivity index (χ1n) is 34.7. The van der Waals surface area contributed by atoms with Crippen molar-refractivity contribution in [1.82, 2.24) is 0 Å². The average molecular weight is 1130 g/mol. The lowest BCUT2D eigenvalue weighted by atomic mass is 10.0. The lowest BCUT2D eigenvalue weighted by molar-refractivity contribution is -0.167. The summed E-state index contributed by atoms with van der Waals surface area (Å²) in [6.07, 6.45) is 92.7. The van der Waals surface area contributed by atoms with E-state index in [0.717, 1.165) is 109 Å². The van der Waals surface area contributed by atoms with Crippen molar-refractivity contribution in [3.8, 4) is 0 Å². The minimum atomic E-state index is -0.787. The van der Waals surface area contributed by atoms with E-state index in [1.54, 1.807) is 0 Å². The maximum absolute atomic E-state index is 13.0. The summed E-state index contributed by atoms with van der Waals surface area (Å²) >= 11 is 0. The van der Waals surface area contributed by atoms with Crippen molar-refractivity contribution < 1.29 is 28.6 Å². The second-order valence-electron chi connectivity index (χ2n) is 23.1. The Labute approximate surface area is 502 Å². The highest BCUT2D eigenvalue weighted by atomic mass is 16.6. The zero-order chi connectivity index (χ0) is 58.5. The fraction of sp³-hybridized carbons (Fsp3) is 0.747. The molecule has 0 fully saturated rings. The number of carbonyl (C=O) groups excluding carboxylic acids is 3. The first-order chi connectivity index (χ1) is 40.0. The van der Waals surface area contributed by atoms with Crippen LogP contribution in [0.5, 0.6) is 0 Å². The van der Waals surface area contributed by atoms with Gasteiger partial charge in [0.2, 0.25) is 0 Å². The second-order valence-corrected chi connectivity index (χ2v) is 23.1. The smallest absolute Gasteiger partial charge is 0.306 e. The SMILES string of the molecule is CC/C=C\C/C=C\C/C=C\C/C=C\C/C=C\CCCCCCCCCCCC(=O)OCC(COC(=O)CCCCCCC/C=C\CCCCCCCC)OC(=O)CCCCCCCCCCCCC/C=C\C/C=C\CCCCCCC. The molecule has 466 valence electrons. The van der Waals surface area contributed by atoms with Gasteiger partial charge in [0.25, 0.3) is 0 Å². The third-order valence-electron chi connectivity index (χ3n) is 15.0. The van der Waals surface area contributed by atoms with Crippen molar-refractivity contribution in [3.63, 3.8) is 0 Å². The molecule has 0 saturated carbocycles. The van der Waals surface area contributed by atoms with Crippen molar-refractivity contribution >= 4 is 17.9 Å². The number of hydrogen-bond acceptors (Lipinski definition) is 6. The highest BCUT2D eigenvalue weighted by molar-refractivity contribution is 5.71. The number of allylic oxidation sites excluding steroid dienone is 16. The number of ether oxygens (including phenoxy) is 3. The number of hydrogen-bond donors (Lipinski definition) is 0. The summed E-state index contributed by atoms with van der Waals surface area (Å²) < 4.78 is 17.0.